The lowest BCUT2D eigenvalue weighted by molar-refractivity contribution is 0.400. The third kappa shape index (κ3) is 2.24. The average molecular weight is 268 g/mol. The zero-order valence-corrected chi connectivity index (χ0v) is 11.9. The van der Waals surface area contributed by atoms with Crippen LogP contribution in [0.4, 0.5) is 0 Å². The Hall–Kier alpha value is -0.730. The Balaban J connectivity index is 2.56. The van der Waals surface area contributed by atoms with Crippen LogP contribution in [-0.2, 0) is 5.41 Å². The van der Waals surface area contributed by atoms with Crippen molar-refractivity contribution in [1.82, 2.24) is 0 Å². The SMILES string of the molecule is CC(C)c1cc(Cl)cc(C2(CN)CCCC2)c1O. The topological polar surface area (TPSA) is 46.2 Å². The van der Waals surface area contributed by atoms with Crippen molar-refractivity contribution >= 4 is 11.6 Å². The molecule has 3 heteroatoms. The van der Waals surface area contributed by atoms with E-state index in [-0.39, 0.29) is 11.3 Å². The van der Waals surface area contributed by atoms with Gasteiger partial charge in [0, 0.05) is 22.5 Å². The number of phenols is 1. The van der Waals surface area contributed by atoms with Crippen molar-refractivity contribution in [2.24, 2.45) is 5.73 Å². The van der Waals surface area contributed by atoms with Gasteiger partial charge < -0.3 is 10.8 Å². The summed E-state index contributed by atoms with van der Waals surface area (Å²) in [5.41, 5.74) is 7.81. The molecule has 0 bridgehead atoms. The number of aromatic hydroxyl groups is 1. The third-order valence-corrected chi connectivity index (χ3v) is 4.47. The van der Waals surface area contributed by atoms with Crippen molar-refractivity contribution in [3.63, 3.8) is 0 Å². The van der Waals surface area contributed by atoms with Gasteiger partial charge in [-0.3, -0.25) is 0 Å². The predicted octanol–water partition coefficient (Wildman–Crippen LogP) is 3.94. The Morgan fingerprint density at radius 1 is 1.33 bits per heavy atom. The quantitative estimate of drug-likeness (QED) is 0.871. The van der Waals surface area contributed by atoms with Crippen molar-refractivity contribution in [2.45, 2.75) is 50.9 Å². The van der Waals surface area contributed by atoms with Crippen LogP contribution in [0.1, 0.15) is 56.6 Å². The molecule has 0 radical (unpaired) electrons. The molecule has 1 fully saturated rings. The van der Waals surface area contributed by atoms with E-state index in [2.05, 4.69) is 13.8 Å². The lowest BCUT2D eigenvalue weighted by Crippen LogP contribution is -2.32. The third-order valence-electron chi connectivity index (χ3n) is 4.25. The highest BCUT2D eigenvalue weighted by atomic mass is 35.5. The standard InChI is InChI=1S/C15H22ClNO/c1-10(2)12-7-11(16)8-13(14(12)18)15(9-17)5-3-4-6-15/h7-8,10,18H,3-6,9,17H2,1-2H3. The molecular formula is C15H22ClNO. The van der Waals surface area contributed by atoms with E-state index in [4.69, 9.17) is 17.3 Å². The zero-order valence-electron chi connectivity index (χ0n) is 11.2. The lowest BCUT2D eigenvalue weighted by Gasteiger charge is -2.30. The lowest BCUT2D eigenvalue weighted by atomic mass is 9.77. The minimum absolute atomic E-state index is 0.0708. The van der Waals surface area contributed by atoms with Crippen LogP contribution in [0, 0.1) is 0 Å². The van der Waals surface area contributed by atoms with Crippen molar-refractivity contribution in [3.05, 3.63) is 28.3 Å². The van der Waals surface area contributed by atoms with Crippen LogP contribution in [0.3, 0.4) is 0 Å². The van der Waals surface area contributed by atoms with E-state index < -0.39 is 0 Å². The Kier molecular flexibility index (Phi) is 3.88. The van der Waals surface area contributed by atoms with Gasteiger partial charge >= 0.3 is 0 Å². The fraction of sp³-hybridized carbons (Fsp3) is 0.600. The second kappa shape index (κ2) is 5.10. The first-order valence-electron chi connectivity index (χ1n) is 6.73. The second-order valence-corrected chi connectivity index (χ2v) is 6.17. The van der Waals surface area contributed by atoms with Gasteiger partial charge in [-0.1, -0.05) is 38.3 Å². The Morgan fingerprint density at radius 3 is 2.44 bits per heavy atom. The first kappa shape index (κ1) is 13.7. The van der Waals surface area contributed by atoms with Crippen LogP contribution in [0.5, 0.6) is 5.75 Å². The summed E-state index contributed by atoms with van der Waals surface area (Å²) in [6, 6.07) is 3.77. The van der Waals surface area contributed by atoms with E-state index >= 15 is 0 Å². The van der Waals surface area contributed by atoms with Gasteiger partial charge in [0.2, 0.25) is 0 Å². The van der Waals surface area contributed by atoms with Crippen LogP contribution in [0.2, 0.25) is 5.02 Å². The van der Waals surface area contributed by atoms with Gasteiger partial charge in [0.1, 0.15) is 5.75 Å². The molecule has 0 spiro atoms. The van der Waals surface area contributed by atoms with E-state index in [0.717, 1.165) is 24.0 Å². The fourth-order valence-electron chi connectivity index (χ4n) is 3.10. The number of rotatable bonds is 3. The first-order chi connectivity index (χ1) is 8.50. The normalized spacial score (nSPS) is 18.5. The summed E-state index contributed by atoms with van der Waals surface area (Å²) in [7, 11) is 0. The van der Waals surface area contributed by atoms with Crippen LogP contribution in [0.15, 0.2) is 12.1 Å². The average Bonchev–Trinajstić information content (AvgIpc) is 2.81. The second-order valence-electron chi connectivity index (χ2n) is 5.74. The summed E-state index contributed by atoms with van der Waals surface area (Å²) in [4.78, 5) is 0. The van der Waals surface area contributed by atoms with Crippen molar-refractivity contribution in [2.75, 3.05) is 6.54 Å². The highest BCUT2D eigenvalue weighted by Gasteiger charge is 2.37. The fourth-order valence-corrected chi connectivity index (χ4v) is 3.33. The van der Waals surface area contributed by atoms with Gasteiger partial charge in [0.25, 0.3) is 0 Å². The van der Waals surface area contributed by atoms with E-state index in [0.29, 0.717) is 17.3 Å². The van der Waals surface area contributed by atoms with Crippen molar-refractivity contribution in [1.29, 1.82) is 0 Å². The molecule has 0 aromatic heterocycles. The number of hydrogen-bond acceptors (Lipinski definition) is 2. The maximum Gasteiger partial charge on any atom is 0.122 e. The summed E-state index contributed by atoms with van der Waals surface area (Å²) >= 11 is 6.21. The zero-order chi connectivity index (χ0) is 13.3. The monoisotopic (exact) mass is 267 g/mol. The van der Waals surface area contributed by atoms with Gasteiger partial charge in [-0.05, 0) is 36.5 Å². The maximum atomic E-state index is 10.5. The number of benzene rings is 1. The number of nitrogens with two attached hydrogens (primary N) is 1. The highest BCUT2D eigenvalue weighted by Crippen LogP contribution is 2.46. The Bertz CT molecular complexity index is 436. The summed E-state index contributed by atoms with van der Waals surface area (Å²) in [5, 5.41) is 11.2. The molecular weight excluding hydrogens is 246 g/mol. The summed E-state index contributed by atoms with van der Waals surface area (Å²) in [5.74, 6) is 0.667. The maximum absolute atomic E-state index is 10.5. The van der Waals surface area contributed by atoms with Gasteiger partial charge in [0.05, 0.1) is 0 Å². The molecule has 1 saturated carbocycles. The summed E-state index contributed by atoms with van der Waals surface area (Å²) in [6.07, 6.45) is 4.46. The molecule has 0 saturated heterocycles. The van der Waals surface area contributed by atoms with Crippen molar-refractivity contribution in [3.8, 4) is 5.75 Å². The highest BCUT2D eigenvalue weighted by molar-refractivity contribution is 6.30. The molecule has 0 unspecified atom stereocenters. The number of phenolic OH excluding ortho intramolecular Hbond substituents is 1. The summed E-state index contributed by atoms with van der Waals surface area (Å²) in [6.45, 7) is 4.72. The predicted molar refractivity (Wildman–Crippen MR) is 76.4 cm³/mol. The number of halogens is 1. The molecule has 1 aromatic rings. The van der Waals surface area contributed by atoms with Crippen LogP contribution < -0.4 is 5.73 Å². The van der Waals surface area contributed by atoms with Crippen molar-refractivity contribution < 1.29 is 5.11 Å². The molecule has 0 aliphatic heterocycles. The van der Waals surface area contributed by atoms with Gasteiger partial charge in [-0.2, -0.15) is 0 Å². The van der Waals surface area contributed by atoms with E-state index in [1.54, 1.807) is 0 Å². The molecule has 2 rings (SSSR count). The van der Waals surface area contributed by atoms with Crippen LogP contribution >= 0.6 is 11.6 Å². The minimum atomic E-state index is -0.0708. The molecule has 0 heterocycles. The molecule has 1 aliphatic rings. The number of hydrogen-bond donors (Lipinski definition) is 2. The minimum Gasteiger partial charge on any atom is -0.507 e. The largest absolute Gasteiger partial charge is 0.507 e. The summed E-state index contributed by atoms with van der Waals surface area (Å²) < 4.78 is 0. The molecule has 0 atom stereocenters. The van der Waals surface area contributed by atoms with Crippen LogP contribution in [-0.4, -0.2) is 11.7 Å². The first-order valence-corrected chi connectivity index (χ1v) is 7.11. The molecule has 0 amide bonds. The van der Waals surface area contributed by atoms with Crippen LogP contribution in [0.25, 0.3) is 0 Å². The van der Waals surface area contributed by atoms with E-state index in [9.17, 15) is 5.11 Å². The molecule has 2 nitrogen and oxygen atoms in total. The van der Waals surface area contributed by atoms with E-state index in [1.165, 1.54) is 12.8 Å². The molecule has 1 aromatic carbocycles. The molecule has 3 N–H and O–H groups in total. The van der Waals surface area contributed by atoms with E-state index in [1.807, 2.05) is 12.1 Å². The smallest absolute Gasteiger partial charge is 0.122 e. The molecule has 18 heavy (non-hydrogen) atoms. The van der Waals surface area contributed by atoms with Gasteiger partial charge in [0.15, 0.2) is 0 Å². The van der Waals surface area contributed by atoms with Gasteiger partial charge in [-0.15, -0.1) is 0 Å². The molecule has 1 aliphatic carbocycles. The molecule has 100 valence electrons. The Labute approximate surface area is 114 Å². The van der Waals surface area contributed by atoms with Gasteiger partial charge in [-0.25, -0.2) is 0 Å². The Morgan fingerprint density at radius 2 is 1.94 bits per heavy atom.